The average molecular weight is 580 g/mol. The highest BCUT2D eigenvalue weighted by Crippen LogP contribution is 2.36. The molecule has 0 bridgehead atoms. The third kappa shape index (κ3) is 6.27. The molecule has 3 aromatic rings. The number of nitro benzene ring substituents is 1. The predicted octanol–water partition coefficient (Wildman–Crippen LogP) is 5.45. The first-order chi connectivity index (χ1) is 17.0. The summed E-state index contributed by atoms with van der Waals surface area (Å²) in [6.07, 6.45) is 1.64. The number of halogens is 2. The largest absolute Gasteiger partial charge is 0.474 e. The van der Waals surface area contributed by atoms with Gasteiger partial charge in [0.2, 0.25) is 5.75 Å². The van der Waals surface area contributed by atoms with Gasteiger partial charge in [-0.2, -0.15) is 9.78 Å². The first-order valence-electron chi connectivity index (χ1n) is 11.1. The van der Waals surface area contributed by atoms with E-state index in [-0.39, 0.29) is 33.9 Å². The lowest BCUT2D eigenvalue weighted by atomic mass is 10.1. The van der Waals surface area contributed by atoms with E-state index in [0.29, 0.717) is 23.1 Å². The number of carbonyl (C=O) groups is 1. The van der Waals surface area contributed by atoms with E-state index >= 15 is 0 Å². The smallest absolute Gasteiger partial charge is 0.344 e. The van der Waals surface area contributed by atoms with Gasteiger partial charge in [0.1, 0.15) is 5.82 Å². The SMILES string of the molecule is CC[C@@H](C)c1nc2ccc(Br)cc2c(=O)n1N=Cc1cc(Cl)c(OCC(=O)OC(C)C)c([N+](=O)[O-])c1. The number of hydrogen-bond acceptors (Lipinski definition) is 8. The molecule has 0 amide bonds. The van der Waals surface area contributed by atoms with E-state index in [9.17, 15) is 19.7 Å². The second-order valence-electron chi connectivity index (χ2n) is 8.24. The Morgan fingerprint density at radius 3 is 2.67 bits per heavy atom. The Balaban J connectivity index is 2.04. The molecule has 0 fully saturated rings. The summed E-state index contributed by atoms with van der Waals surface area (Å²) in [5, 5.41) is 16.3. The third-order valence-corrected chi connectivity index (χ3v) is 5.93. The summed E-state index contributed by atoms with van der Waals surface area (Å²) in [4.78, 5) is 40.7. The van der Waals surface area contributed by atoms with Gasteiger partial charge in [-0.05, 0) is 44.5 Å². The predicted molar refractivity (Wildman–Crippen MR) is 140 cm³/mol. The zero-order valence-corrected chi connectivity index (χ0v) is 22.4. The van der Waals surface area contributed by atoms with E-state index in [1.54, 1.807) is 32.0 Å². The lowest BCUT2D eigenvalue weighted by Gasteiger charge is -2.14. The molecule has 36 heavy (non-hydrogen) atoms. The van der Waals surface area contributed by atoms with Crippen LogP contribution in [-0.4, -0.2) is 39.5 Å². The molecule has 0 aliphatic carbocycles. The van der Waals surface area contributed by atoms with Gasteiger partial charge in [0.15, 0.2) is 6.61 Å². The van der Waals surface area contributed by atoms with E-state index < -0.39 is 23.2 Å². The number of nitro groups is 1. The van der Waals surface area contributed by atoms with Crippen molar-refractivity contribution in [1.82, 2.24) is 9.66 Å². The summed E-state index contributed by atoms with van der Waals surface area (Å²) in [5.41, 5.74) is -0.0466. The maximum Gasteiger partial charge on any atom is 0.344 e. The molecule has 0 aliphatic heterocycles. The van der Waals surface area contributed by atoms with E-state index in [2.05, 4.69) is 26.0 Å². The fourth-order valence-electron chi connectivity index (χ4n) is 3.28. The van der Waals surface area contributed by atoms with Crippen LogP contribution in [0.4, 0.5) is 5.69 Å². The molecule has 10 nitrogen and oxygen atoms in total. The van der Waals surface area contributed by atoms with Gasteiger partial charge < -0.3 is 9.47 Å². The highest BCUT2D eigenvalue weighted by atomic mass is 79.9. The van der Waals surface area contributed by atoms with Gasteiger partial charge in [0, 0.05) is 22.0 Å². The van der Waals surface area contributed by atoms with Crippen molar-refractivity contribution in [2.24, 2.45) is 5.10 Å². The van der Waals surface area contributed by atoms with Crippen molar-refractivity contribution in [3.63, 3.8) is 0 Å². The molecule has 2 aromatic carbocycles. The number of carbonyl (C=O) groups excluding carboxylic acids is 1. The van der Waals surface area contributed by atoms with Gasteiger partial charge in [-0.25, -0.2) is 9.78 Å². The topological polar surface area (TPSA) is 126 Å². The number of fused-ring (bicyclic) bond motifs is 1. The standard InChI is InChI=1S/C24H24BrClN4O6/c1-5-14(4)23-28-19-7-6-16(25)10-17(19)24(32)29(23)27-11-15-8-18(26)22(20(9-15)30(33)34)35-12-21(31)36-13(2)3/h6-11,13-14H,5,12H2,1-4H3/t14-/m1/s1. The van der Waals surface area contributed by atoms with E-state index in [0.717, 1.165) is 4.47 Å². The fraction of sp³-hybridized carbons (Fsp3) is 0.333. The van der Waals surface area contributed by atoms with Crippen LogP contribution in [0.5, 0.6) is 5.75 Å². The van der Waals surface area contributed by atoms with Crippen LogP contribution in [0.2, 0.25) is 5.02 Å². The normalized spacial score (nSPS) is 12.3. The van der Waals surface area contributed by atoms with Gasteiger partial charge in [-0.1, -0.05) is 41.4 Å². The molecule has 0 unspecified atom stereocenters. The van der Waals surface area contributed by atoms with Gasteiger partial charge >= 0.3 is 11.7 Å². The zero-order valence-electron chi connectivity index (χ0n) is 20.0. The second-order valence-corrected chi connectivity index (χ2v) is 9.56. The quantitative estimate of drug-likeness (QED) is 0.143. The molecule has 3 rings (SSSR count). The third-order valence-electron chi connectivity index (χ3n) is 5.15. The van der Waals surface area contributed by atoms with Crippen molar-refractivity contribution in [1.29, 1.82) is 0 Å². The van der Waals surface area contributed by atoms with Crippen molar-refractivity contribution in [3.8, 4) is 5.75 Å². The minimum atomic E-state index is -0.687. The van der Waals surface area contributed by atoms with Crippen LogP contribution in [-0.2, 0) is 9.53 Å². The number of ether oxygens (including phenoxy) is 2. The van der Waals surface area contributed by atoms with Gasteiger partial charge in [-0.3, -0.25) is 14.9 Å². The van der Waals surface area contributed by atoms with E-state index in [4.69, 9.17) is 21.1 Å². The molecule has 0 saturated carbocycles. The summed E-state index contributed by atoms with van der Waals surface area (Å²) in [6.45, 7) is 6.69. The number of aromatic nitrogens is 2. The van der Waals surface area contributed by atoms with Crippen molar-refractivity contribution >= 4 is 56.3 Å². The monoisotopic (exact) mass is 578 g/mol. The molecular formula is C24H24BrClN4O6. The van der Waals surface area contributed by atoms with Crippen LogP contribution in [0.25, 0.3) is 10.9 Å². The molecule has 0 spiro atoms. The Morgan fingerprint density at radius 1 is 1.31 bits per heavy atom. The summed E-state index contributed by atoms with van der Waals surface area (Å²) in [5.74, 6) is -0.581. The lowest BCUT2D eigenvalue weighted by molar-refractivity contribution is -0.385. The summed E-state index contributed by atoms with van der Waals surface area (Å²) in [7, 11) is 0. The van der Waals surface area contributed by atoms with Crippen LogP contribution in [0.3, 0.4) is 0 Å². The summed E-state index contributed by atoms with van der Waals surface area (Å²) >= 11 is 9.61. The van der Waals surface area contributed by atoms with Crippen LogP contribution >= 0.6 is 27.5 Å². The number of esters is 1. The second kappa shape index (κ2) is 11.6. The van der Waals surface area contributed by atoms with Crippen molar-refractivity contribution in [2.45, 2.75) is 46.1 Å². The molecule has 12 heteroatoms. The Kier molecular flexibility index (Phi) is 8.80. The molecule has 190 valence electrons. The number of rotatable bonds is 9. The van der Waals surface area contributed by atoms with Crippen LogP contribution in [0.1, 0.15) is 51.4 Å². The molecule has 0 saturated heterocycles. The average Bonchev–Trinajstić information content (AvgIpc) is 2.81. The van der Waals surface area contributed by atoms with Crippen LogP contribution < -0.4 is 10.3 Å². The number of benzene rings is 2. The molecule has 1 heterocycles. The Bertz CT molecular complexity index is 1410. The van der Waals surface area contributed by atoms with Gasteiger partial charge in [-0.15, -0.1) is 0 Å². The maximum absolute atomic E-state index is 13.3. The molecular weight excluding hydrogens is 556 g/mol. The Morgan fingerprint density at radius 2 is 2.03 bits per heavy atom. The lowest BCUT2D eigenvalue weighted by Crippen LogP contribution is -2.23. The summed E-state index contributed by atoms with van der Waals surface area (Å²) in [6, 6.07) is 7.79. The first-order valence-corrected chi connectivity index (χ1v) is 12.3. The zero-order chi connectivity index (χ0) is 26.6. The minimum absolute atomic E-state index is 0.0813. The molecule has 1 atom stereocenters. The van der Waals surface area contributed by atoms with Crippen molar-refractivity contribution in [2.75, 3.05) is 6.61 Å². The molecule has 1 aromatic heterocycles. The van der Waals surface area contributed by atoms with Crippen molar-refractivity contribution < 1.29 is 19.2 Å². The summed E-state index contributed by atoms with van der Waals surface area (Å²) < 4.78 is 12.2. The van der Waals surface area contributed by atoms with Gasteiger partial charge in [0.05, 0.1) is 33.2 Å². The van der Waals surface area contributed by atoms with Crippen molar-refractivity contribution in [3.05, 3.63) is 71.7 Å². The highest BCUT2D eigenvalue weighted by molar-refractivity contribution is 9.10. The fourth-order valence-corrected chi connectivity index (χ4v) is 3.92. The van der Waals surface area contributed by atoms with E-state index in [1.165, 1.54) is 23.0 Å². The molecule has 0 N–H and O–H groups in total. The number of nitrogens with zero attached hydrogens (tertiary/aromatic N) is 4. The molecule has 0 aliphatic rings. The van der Waals surface area contributed by atoms with Gasteiger partial charge in [0.25, 0.3) is 5.56 Å². The number of hydrogen-bond donors (Lipinski definition) is 0. The minimum Gasteiger partial charge on any atom is -0.474 e. The first kappa shape index (κ1) is 27.3. The molecule has 0 radical (unpaired) electrons. The highest BCUT2D eigenvalue weighted by Gasteiger charge is 2.22. The maximum atomic E-state index is 13.3. The Hall–Kier alpha value is -3.31. The van der Waals surface area contributed by atoms with Crippen LogP contribution in [0, 0.1) is 10.1 Å². The van der Waals surface area contributed by atoms with E-state index in [1.807, 2.05) is 13.8 Å². The Labute approximate surface area is 220 Å². The van der Waals surface area contributed by atoms with Crippen LogP contribution in [0.15, 0.2) is 44.7 Å².